The number of amides is 1. The number of rotatable bonds is 6. The lowest BCUT2D eigenvalue weighted by molar-refractivity contribution is 0.100. The van der Waals surface area contributed by atoms with E-state index in [4.69, 9.17) is 5.73 Å². The van der Waals surface area contributed by atoms with E-state index in [1.165, 1.54) is 29.8 Å². The number of thiazole rings is 1. The van der Waals surface area contributed by atoms with Gasteiger partial charge in [0.15, 0.2) is 0 Å². The van der Waals surface area contributed by atoms with Crippen molar-refractivity contribution in [2.24, 2.45) is 11.1 Å². The average Bonchev–Trinajstić information content (AvgIpc) is 3.05. The second-order valence-corrected chi connectivity index (χ2v) is 8.20. The molecule has 3 N–H and O–H groups in total. The van der Waals surface area contributed by atoms with Crippen molar-refractivity contribution in [3.8, 4) is 0 Å². The maximum atomic E-state index is 11.3. The SMILES string of the molecule is NC(=O)c1ccc(CN(Cc2nccs2)[C@@H]2CC23CCNCC3)cc1. The third kappa shape index (κ3) is 3.61. The first-order valence-corrected chi connectivity index (χ1v) is 9.76. The van der Waals surface area contributed by atoms with Crippen molar-refractivity contribution < 1.29 is 4.79 Å². The van der Waals surface area contributed by atoms with Crippen LogP contribution in [0.5, 0.6) is 0 Å². The molecule has 132 valence electrons. The summed E-state index contributed by atoms with van der Waals surface area (Å²) >= 11 is 1.72. The molecule has 2 heterocycles. The van der Waals surface area contributed by atoms with Crippen molar-refractivity contribution in [3.05, 3.63) is 52.0 Å². The Labute approximate surface area is 152 Å². The van der Waals surface area contributed by atoms with E-state index < -0.39 is 0 Å². The van der Waals surface area contributed by atoms with E-state index in [1.807, 2.05) is 35.8 Å². The molecule has 5 nitrogen and oxygen atoms in total. The van der Waals surface area contributed by atoms with Gasteiger partial charge in [0, 0.05) is 29.7 Å². The first kappa shape index (κ1) is 16.7. The number of aromatic nitrogens is 1. The lowest BCUT2D eigenvalue weighted by Crippen LogP contribution is -2.35. The van der Waals surface area contributed by atoms with Gasteiger partial charge < -0.3 is 11.1 Å². The normalized spacial score (nSPS) is 21.6. The molecule has 6 heteroatoms. The number of nitrogens with two attached hydrogens (primary N) is 1. The molecular weight excluding hydrogens is 332 g/mol. The van der Waals surface area contributed by atoms with Crippen molar-refractivity contribution >= 4 is 17.2 Å². The van der Waals surface area contributed by atoms with Crippen molar-refractivity contribution in [2.75, 3.05) is 13.1 Å². The average molecular weight is 356 g/mol. The van der Waals surface area contributed by atoms with Crippen molar-refractivity contribution in [1.29, 1.82) is 0 Å². The maximum absolute atomic E-state index is 11.3. The molecule has 2 aliphatic rings. The minimum Gasteiger partial charge on any atom is -0.366 e. The van der Waals surface area contributed by atoms with Crippen molar-refractivity contribution in [2.45, 2.75) is 38.4 Å². The molecule has 1 saturated heterocycles. The van der Waals surface area contributed by atoms with E-state index in [9.17, 15) is 4.79 Å². The number of carbonyl (C=O) groups excluding carboxylic acids is 1. The van der Waals surface area contributed by atoms with E-state index in [1.54, 1.807) is 11.3 Å². The number of primary amides is 1. The summed E-state index contributed by atoms with van der Waals surface area (Å²) in [5, 5.41) is 6.69. The lowest BCUT2D eigenvalue weighted by Gasteiger charge is -2.29. The fraction of sp³-hybridized carbons (Fsp3) is 0.474. The highest BCUT2D eigenvalue weighted by atomic mass is 32.1. The Morgan fingerprint density at radius 1 is 1.28 bits per heavy atom. The largest absolute Gasteiger partial charge is 0.366 e. The fourth-order valence-corrected chi connectivity index (χ4v) is 4.74. The number of hydrogen-bond donors (Lipinski definition) is 2. The predicted molar refractivity (Wildman–Crippen MR) is 99.3 cm³/mol. The summed E-state index contributed by atoms with van der Waals surface area (Å²) in [5.41, 5.74) is 7.63. The summed E-state index contributed by atoms with van der Waals surface area (Å²) in [5.74, 6) is -0.373. The van der Waals surface area contributed by atoms with E-state index in [-0.39, 0.29) is 5.91 Å². The van der Waals surface area contributed by atoms with Gasteiger partial charge in [-0.15, -0.1) is 11.3 Å². The van der Waals surface area contributed by atoms with Crippen LogP contribution in [0.2, 0.25) is 0 Å². The monoisotopic (exact) mass is 356 g/mol. The molecule has 25 heavy (non-hydrogen) atoms. The molecule has 1 aromatic carbocycles. The van der Waals surface area contributed by atoms with Crippen LogP contribution in [0.1, 0.15) is 40.2 Å². The quantitative estimate of drug-likeness (QED) is 0.834. The summed E-state index contributed by atoms with van der Waals surface area (Å²) in [6.45, 7) is 4.05. The summed E-state index contributed by atoms with van der Waals surface area (Å²) in [4.78, 5) is 18.3. The van der Waals surface area contributed by atoms with Gasteiger partial charge >= 0.3 is 0 Å². The van der Waals surface area contributed by atoms with Gasteiger partial charge in [0.05, 0.1) is 6.54 Å². The van der Waals surface area contributed by atoms with Crippen LogP contribution in [0.4, 0.5) is 0 Å². The minimum atomic E-state index is -0.373. The van der Waals surface area contributed by atoms with E-state index in [0.717, 1.165) is 26.2 Å². The Hall–Kier alpha value is -1.76. The van der Waals surface area contributed by atoms with Crippen LogP contribution in [0.15, 0.2) is 35.8 Å². The molecule has 1 aliphatic heterocycles. The number of carbonyl (C=O) groups is 1. The lowest BCUT2D eigenvalue weighted by atomic mass is 9.93. The summed E-state index contributed by atoms with van der Waals surface area (Å²) in [7, 11) is 0. The highest BCUT2D eigenvalue weighted by molar-refractivity contribution is 7.09. The molecule has 0 bridgehead atoms. The third-order valence-electron chi connectivity index (χ3n) is 5.63. The van der Waals surface area contributed by atoms with E-state index in [2.05, 4.69) is 15.2 Å². The Kier molecular flexibility index (Phi) is 4.58. The highest BCUT2D eigenvalue weighted by Gasteiger charge is 2.56. The molecule has 1 aromatic heterocycles. The summed E-state index contributed by atoms with van der Waals surface area (Å²) in [6, 6.07) is 8.33. The van der Waals surface area contributed by atoms with Gasteiger partial charge in [-0.3, -0.25) is 9.69 Å². The number of hydrogen-bond acceptors (Lipinski definition) is 5. The Balaban J connectivity index is 1.50. The molecule has 0 unspecified atom stereocenters. The van der Waals surface area contributed by atoms with E-state index >= 15 is 0 Å². The van der Waals surface area contributed by atoms with Crippen LogP contribution in [0, 0.1) is 5.41 Å². The molecule has 1 amide bonds. The van der Waals surface area contributed by atoms with Crippen LogP contribution in [0.3, 0.4) is 0 Å². The van der Waals surface area contributed by atoms with Gasteiger partial charge in [-0.1, -0.05) is 12.1 Å². The molecule has 1 aliphatic carbocycles. The topological polar surface area (TPSA) is 71.2 Å². The Morgan fingerprint density at radius 3 is 2.68 bits per heavy atom. The number of nitrogens with zero attached hydrogens (tertiary/aromatic N) is 2. The molecule has 2 fully saturated rings. The first-order valence-electron chi connectivity index (χ1n) is 8.88. The van der Waals surface area contributed by atoms with Gasteiger partial charge in [0.1, 0.15) is 5.01 Å². The van der Waals surface area contributed by atoms with Gasteiger partial charge in [-0.25, -0.2) is 4.98 Å². The fourth-order valence-electron chi connectivity index (χ4n) is 4.09. The molecule has 0 radical (unpaired) electrons. The summed E-state index contributed by atoms with van der Waals surface area (Å²) in [6.07, 6.45) is 5.71. The second kappa shape index (κ2) is 6.86. The van der Waals surface area contributed by atoms with Gasteiger partial charge in [-0.2, -0.15) is 0 Å². The Bertz CT molecular complexity index is 722. The minimum absolute atomic E-state index is 0.373. The summed E-state index contributed by atoms with van der Waals surface area (Å²) < 4.78 is 0. The molecule has 1 saturated carbocycles. The third-order valence-corrected chi connectivity index (χ3v) is 6.40. The number of nitrogens with one attached hydrogen (secondary N) is 1. The maximum Gasteiger partial charge on any atom is 0.248 e. The van der Waals surface area contributed by atoms with Crippen molar-refractivity contribution in [3.63, 3.8) is 0 Å². The predicted octanol–water partition coefficient (Wildman–Crippen LogP) is 2.39. The van der Waals surface area contributed by atoms with Crippen molar-refractivity contribution in [1.82, 2.24) is 15.2 Å². The Morgan fingerprint density at radius 2 is 2.04 bits per heavy atom. The number of benzene rings is 1. The highest BCUT2D eigenvalue weighted by Crippen LogP contribution is 2.56. The van der Waals surface area contributed by atoms with Crippen LogP contribution in [0.25, 0.3) is 0 Å². The molecule has 1 spiro atoms. The van der Waals surface area contributed by atoms with Crippen LogP contribution >= 0.6 is 11.3 Å². The first-order chi connectivity index (χ1) is 12.2. The molecule has 4 rings (SSSR count). The van der Waals surface area contributed by atoms with Crippen LogP contribution < -0.4 is 11.1 Å². The zero-order chi connectivity index (χ0) is 17.3. The molecule has 1 atom stereocenters. The van der Waals surface area contributed by atoms with E-state index in [0.29, 0.717) is 17.0 Å². The standard InChI is InChI=1S/C19H24N4OS/c20-18(24)15-3-1-14(2-4-15)12-23(13-17-22-9-10-25-17)16-11-19(16)5-7-21-8-6-19/h1-4,9-10,16,21H,5-8,11-13H2,(H2,20,24)/t16-/m1/s1. The number of piperidine rings is 1. The zero-order valence-corrected chi connectivity index (χ0v) is 15.1. The smallest absolute Gasteiger partial charge is 0.248 e. The zero-order valence-electron chi connectivity index (χ0n) is 14.3. The van der Waals surface area contributed by atoms with Gasteiger partial charge in [0.2, 0.25) is 5.91 Å². The van der Waals surface area contributed by atoms with Gasteiger partial charge in [0.25, 0.3) is 0 Å². The van der Waals surface area contributed by atoms with Crippen LogP contribution in [-0.4, -0.2) is 34.9 Å². The molecule has 2 aromatic rings. The van der Waals surface area contributed by atoms with Gasteiger partial charge in [-0.05, 0) is 55.5 Å². The second-order valence-electron chi connectivity index (χ2n) is 7.22. The van der Waals surface area contributed by atoms with Crippen LogP contribution in [-0.2, 0) is 13.1 Å². The molecular formula is C19H24N4OS.